The number of aliphatic hydroxyl groups is 1. The summed E-state index contributed by atoms with van der Waals surface area (Å²) in [6, 6.07) is 16.0. The summed E-state index contributed by atoms with van der Waals surface area (Å²) in [7, 11) is 0. The Morgan fingerprint density at radius 1 is 1.03 bits per heavy atom. The van der Waals surface area contributed by atoms with Crippen LogP contribution in [0.4, 0.5) is 4.39 Å². The fourth-order valence-corrected chi connectivity index (χ4v) is 4.27. The summed E-state index contributed by atoms with van der Waals surface area (Å²) in [6.07, 6.45) is 4.11. The summed E-state index contributed by atoms with van der Waals surface area (Å²) in [4.78, 5) is 19.7. The van der Waals surface area contributed by atoms with Crippen LogP contribution in [0.25, 0.3) is 16.7 Å². The lowest BCUT2D eigenvalue weighted by atomic mass is 9.91. The van der Waals surface area contributed by atoms with Crippen LogP contribution in [0, 0.1) is 5.82 Å². The van der Waals surface area contributed by atoms with Crippen molar-refractivity contribution in [1.82, 2.24) is 24.2 Å². The molecule has 1 N–H and O–H groups in total. The minimum atomic E-state index is -0.978. The lowest BCUT2D eigenvalue weighted by Crippen LogP contribution is -2.47. The van der Waals surface area contributed by atoms with Crippen LogP contribution in [-0.4, -0.2) is 48.0 Å². The molecule has 4 aromatic rings. The molecular weight excluding hydrogens is 409 g/mol. The second-order valence-electron chi connectivity index (χ2n) is 8.43. The largest absolute Gasteiger partial charge is 0.388 e. The molecule has 2 aromatic carbocycles. The van der Waals surface area contributed by atoms with Crippen molar-refractivity contribution in [2.75, 3.05) is 13.1 Å². The number of piperidine rings is 1. The highest BCUT2D eigenvalue weighted by Crippen LogP contribution is 2.25. The summed E-state index contributed by atoms with van der Waals surface area (Å²) in [5.74, 6) is -0.243. The normalized spacial score (nSPS) is 16.4. The molecule has 1 aliphatic heterocycles. The maximum Gasteiger partial charge on any atom is 0.264 e. The van der Waals surface area contributed by atoms with Gasteiger partial charge in [-0.25, -0.2) is 14.1 Å². The number of likely N-dealkylation sites (tertiary alicyclic amines) is 1. The van der Waals surface area contributed by atoms with Crippen LogP contribution in [-0.2, 0) is 13.1 Å². The fourth-order valence-electron chi connectivity index (χ4n) is 4.27. The summed E-state index contributed by atoms with van der Waals surface area (Å²) >= 11 is 0. The molecule has 0 saturated carbocycles. The van der Waals surface area contributed by atoms with Crippen LogP contribution in [0.15, 0.2) is 71.9 Å². The van der Waals surface area contributed by atoms with E-state index in [1.165, 1.54) is 29.2 Å². The zero-order chi connectivity index (χ0) is 22.1. The molecule has 8 heteroatoms. The number of fused-ring (bicyclic) bond motifs is 1. The first kappa shape index (κ1) is 20.5. The van der Waals surface area contributed by atoms with Gasteiger partial charge < -0.3 is 5.11 Å². The Morgan fingerprint density at radius 3 is 2.47 bits per heavy atom. The minimum absolute atomic E-state index is 0.190. The van der Waals surface area contributed by atoms with Crippen molar-refractivity contribution >= 4 is 11.0 Å². The summed E-state index contributed by atoms with van der Waals surface area (Å²) in [5, 5.41) is 15.9. The number of rotatable bonds is 5. The molecule has 32 heavy (non-hydrogen) atoms. The third-order valence-corrected chi connectivity index (χ3v) is 6.13. The van der Waals surface area contributed by atoms with Crippen LogP contribution in [0.5, 0.6) is 0 Å². The van der Waals surface area contributed by atoms with E-state index >= 15 is 0 Å². The van der Waals surface area contributed by atoms with Crippen molar-refractivity contribution in [3.05, 3.63) is 88.9 Å². The van der Waals surface area contributed by atoms with Gasteiger partial charge in [0.05, 0.1) is 24.0 Å². The molecule has 3 heterocycles. The Morgan fingerprint density at radius 2 is 1.75 bits per heavy atom. The Kier molecular flexibility index (Phi) is 5.32. The van der Waals surface area contributed by atoms with Gasteiger partial charge in [0.2, 0.25) is 0 Å². The van der Waals surface area contributed by atoms with Gasteiger partial charge in [-0.15, -0.1) is 0 Å². The zero-order valence-corrected chi connectivity index (χ0v) is 17.6. The predicted octanol–water partition coefficient (Wildman–Crippen LogP) is 2.75. The van der Waals surface area contributed by atoms with Gasteiger partial charge >= 0.3 is 0 Å². The Labute approximate surface area is 184 Å². The first-order valence-electron chi connectivity index (χ1n) is 10.7. The number of hydrogen-bond donors (Lipinski definition) is 1. The van der Waals surface area contributed by atoms with Crippen LogP contribution in [0.2, 0.25) is 0 Å². The van der Waals surface area contributed by atoms with Crippen molar-refractivity contribution in [2.45, 2.75) is 31.5 Å². The van der Waals surface area contributed by atoms with Gasteiger partial charge in [-0.3, -0.25) is 14.3 Å². The molecule has 0 aliphatic carbocycles. The number of aromatic nitrogens is 4. The molecule has 5 rings (SSSR count). The van der Waals surface area contributed by atoms with Crippen molar-refractivity contribution in [1.29, 1.82) is 0 Å². The number of nitrogens with zero attached hydrogens (tertiary/aromatic N) is 5. The second kappa shape index (κ2) is 8.29. The second-order valence-corrected chi connectivity index (χ2v) is 8.43. The highest BCUT2D eigenvalue weighted by Gasteiger charge is 2.33. The average Bonchev–Trinajstić information content (AvgIpc) is 3.24. The number of halogens is 1. The molecule has 0 amide bonds. The minimum Gasteiger partial charge on any atom is -0.388 e. The molecule has 164 valence electrons. The van der Waals surface area contributed by atoms with E-state index in [4.69, 9.17) is 0 Å². The van der Waals surface area contributed by atoms with Gasteiger partial charge in [-0.1, -0.05) is 30.3 Å². The maximum atomic E-state index is 13.1. The van der Waals surface area contributed by atoms with E-state index in [0.717, 1.165) is 11.3 Å². The third-order valence-electron chi connectivity index (χ3n) is 6.13. The summed E-state index contributed by atoms with van der Waals surface area (Å²) < 4.78 is 16.2. The molecule has 7 nitrogen and oxygen atoms in total. The molecule has 0 radical (unpaired) electrons. The number of hydrogen-bond acceptors (Lipinski definition) is 5. The van der Waals surface area contributed by atoms with Crippen LogP contribution in [0.3, 0.4) is 0 Å². The van der Waals surface area contributed by atoms with Crippen molar-refractivity contribution in [2.24, 2.45) is 0 Å². The Hall–Kier alpha value is -3.36. The van der Waals surface area contributed by atoms with Crippen LogP contribution in [0.1, 0.15) is 18.4 Å². The monoisotopic (exact) mass is 433 g/mol. The van der Waals surface area contributed by atoms with Crippen molar-refractivity contribution in [3.63, 3.8) is 0 Å². The summed E-state index contributed by atoms with van der Waals surface area (Å²) in [6.45, 7) is 2.30. The highest BCUT2D eigenvalue weighted by atomic mass is 19.1. The maximum absolute atomic E-state index is 13.1. The smallest absolute Gasteiger partial charge is 0.264 e. The fraction of sp³-hybridized carbons (Fsp3) is 0.292. The molecule has 2 aromatic heterocycles. The Balaban J connectivity index is 1.30. The van der Waals surface area contributed by atoms with Gasteiger partial charge in [-0.2, -0.15) is 5.10 Å². The molecule has 0 spiro atoms. The first-order chi connectivity index (χ1) is 15.5. The lowest BCUT2D eigenvalue weighted by molar-refractivity contribution is -0.0364. The lowest BCUT2D eigenvalue weighted by Gasteiger charge is -2.38. The van der Waals surface area contributed by atoms with Crippen molar-refractivity contribution in [3.8, 4) is 5.69 Å². The SMILES string of the molecule is O=c1c2cnn(-c3ccccc3)c2ncn1CC1(O)CCN(Cc2ccc(F)cc2)CC1. The standard InChI is InChI=1S/C24H24FN5O2/c25-19-8-6-18(7-9-19)15-28-12-10-24(32,11-13-28)16-29-17-26-22-21(23(29)31)14-27-30(22)20-4-2-1-3-5-20/h1-9,14,17,32H,10-13,15-16H2. The third kappa shape index (κ3) is 4.06. The van der Waals surface area contributed by atoms with E-state index in [1.54, 1.807) is 16.8 Å². The van der Waals surface area contributed by atoms with Gasteiger partial charge in [-0.05, 0) is 42.7 Å². The molecule has 0 bridgehead atoms. The predicted molar refractivity (Wildman–Crippen MR) is 119 cm³/mol. The van der Waals surface area contributed by atoms with Crippen LogP contribution >= 0.6 is 0 Å². The van der Waals surface area contributed by atoms with Gasteiger partial charge in [0.1, 0.15) is 17.5 Å². The molecular formula is C24H24FN5O2. The molecule has 0 unspecified atom stereocenters. The molecule has 0 atom stereocenters. The van der Waals surface area contributed by atoms with Gasteiger partial charge in [0.25, 0.3) is 5.56 Å². The van der Waals surface area contributed by atoms with E-state index in [9.17, 15) is 14.3 Å². The average molecular weight is 433 g/mol. The van der Waals surface area contributed by atoms with E-state index < -0.39 is 5.60 Å². The highest BCUT2D eigenvalue weighted by molar-refractivity contribution is 5.74. The topological polar surface area (TPSA) is 76.2 Å². The van der Waals surface area contributed by atoms with E-state index in [-0.39, 0.29) is 17.9 Å². The quantitative estimate of drug-likeness (QED) is 0.524. The first-order valence-corrected chi connectivity index (χ1v) is 10.7. The van der Waals surface area contributed by atoms with Crippen molar-refractivity contribution < 1.29 is 9.50 Å². The van der Waals surface area contributed by atoms with Gasteiger partial charge in [0, 0.05) is 19.6 Å². The summed E-state index contributed by atoms with van der Waals surface area (Å²) in [5.41, 5.74) is 1.18. The zero-order valence-electron chi connectivity index (χ0n) is 17.6. The van der Waals surface area contributed by atoms with Crippen LogP contribution < -0.4 is 5.56 Å². The molecule has 1 aliphatic rings. The molecule has 1 saturated heterocycles. The number of para-hydroxylation sites is 1. The van der Waals surface area contributed by atoms with E-state index in [2.05, 4.69) is 15.0 Å². The number of benzene rings is 2. The van der Waals surface area contributed by atoms with Gasteiger partial charge in [0.15, 0.2) is 5.65 Å². The molecule has 1 fully saturated rings. The van der Waals surface area contributed by atoms with E-state index in [1.807, 2.05) is 30.3 Å². The van der Waals surface area contributed by atoms with E-state index in [0.29, 0.717) is 43.5 Å². The Bertz CT molecular complexity index is 1280.